The zero-order valence-electron chi connectivity index (χ0n) is 12.2. The fraction of sp³-hybridized carbons (Fsp3) is 0.571. The minimum atomic E-state index is -0.318. The molecular weight excluding hydrogens is 322 g/mol. The Labute approximate surface area is 128 Å². The molecule has 0 spiro atoms. The Morgan fingerprint density at radius 1 is 1.40 bits per heavy atom. The van der Waals surface area contributed by atoms with Crippen molar-refractivity contribution in [3.05, 3.63) is 22.8 Å². The zero-order chi connectivity index (χ0) is 15.0. The fourth-order valence-corrected chi connectivity index (χ4v) is 1.93. The van der Waals surface area contributed by atoms with Crippen molar-refractivity contribution in [2.45, 2.75) is 26.4 Å². The highest BCUT2D eigenvalue weighted by Gasteiger charge is 2.10. The maximum absolute atomic E-state index is 9.60. The smallest absolute Gasteiger partial charge is 0.293 e. The molecule has 0 radical (unpaired) electrons. The number of pyridine rings is 1. The van der Waals surface area contributed by atoms with E-state index in [2.05, 4.69) is 41.9 Å². The number of halogens is 1. The molecule has 1 aromatic heterocycles. The van der Waals surface area contributed by atoms with Crippen LogP contribution in [0.4, 0.5) is 5.82 Å². The molecule has 112 valence electrons. The molecule has 1 N–H and O–H groups in total. The van der Waals surface area contributed by atoms with E-state index in [0.717, 1.165) is 36.5 Å². The number of hydrogen-bond donors (Lipinski definition) is 1. The molecule has 0 aliphatic carbocycles. The van der Waals surface area contributed by atoms with Gasteiger partial charge >= 0.3 is 0 Å². The molecule has 5 nitrogen and oxygen atoms in total. The minimum absolute atomic E-state index is 0.318. The molecule has 20 heavy (non-hydrogen) atoms. The molecule has 0 bridgehead atoms. The summed E-state index contributed by atoms with van der Waals surface area (Å²) in [5.74, 6) is 1.07. The molecule has 1 aliphatic rings. The third kappa shape index (κ3) is 6.86. The van der Waals surface area contributed by atoms with Crippen LogP contribution in [-0.2, 0) is 9.53 Å². The van der Waals surface area contributed by atoms with E-state index in [1.807, 2.05) is 33.0 Å². The fourth-order valence-electron chi connectivity index (χ4n) is 1.60. The van der Waals surface area contributed by atoms with Gasteiger partial charge in [-0.25, -0.2) is 4.98 Å². The van der Waals surface area contributed by atoms with Gasteiger partial charge in [0.2, 0.25) is 0 Å². The van der Waals surface area contributed by atoms with Gasteiger partial charge in [0.15, 0.2) is 0 Å². The highest BCUT2D eigenvalue weighted by atomic mass is 79.9. The lowest BCUT2D eigenvalue weighted by atomic mass is 10.2. The molecule has 1 aromatic rings. The number of hydrogen-bond acceptors (Lipinski definition) is 5. The maximum Gasteiger partial charge on any atom is 0.293 e. The highest BCUT2D eigenvalue weighted by molar-refractivity contribution is 9.10. The van der Waals surface area contributed by atoms with Gasteiger partial charge in [-0.2, -0.15) is 0 Å². The summed E-state index contributed by atoms with van der Waals surface area (Å²) in [5.41, 5.74) is -0.318. The third-order valence-corrected chi connectivity index (χ3v) is 3.04. The Bertz CT molecular complexity index is 415. The van der Waals surface area contributed by atoms with Crippen LogP contribution in [0.2, 0.25) is 0 Å². The van der Waals surface area contributed by atoms with Crippen LogP contribution in [-0.4, -0.2) is 43.2 Å². The van der Waals surface area contributed by atoms with E-state index in [-0.39, 0.29) is 5.60 Å². The van der Waals surface area contributed by atoms with Gasteiger partial charge in [0.05, 0.1) is 0 Å². The van der Waals surface area contributed by atoms with Crippen molar-refractivity contribution < 1.29 is 9.53 Å². The summed E-state index contributed by atoms with van der Waals surface area (Å²) in [4.78, 5) is 16.2. The van der Waals surface area contributed by atoms with Crippen molar-refractivity contribution >= 4 is 28.2 Å². The lowest BCUT2D eigenvalue weighted by molar-refractivity contribution is -0.138. The van der Waals surface area contributed by atoms with Gasteiger partial charge in [-0.1, -0.05) is 15.9 Å². The average Bonchev–Trinajstić information content (AvgIpc) is 2.39. The van der Waals surface area contributed by atoms with E-state index in [4.69, 9.17) is 0 Å². The van der Waals surface area contributed by atoms with Crippen LogP contribution in [0, 0.1) is 0 Å². The summed E-state index contributed by atoms with van der Waals surface area (Å²) < 4.78 is 5.64. The topological polar surface area (TPSA) is 54.5 Å². The monoisotopic (exact) mass is 343 g/mol. The summed E-state index contributed by atoms with van der Waals surface area (Å²) in [6, 6.07) is 4.01. The number of rotatable bonds is 2. The standard InChI is InChI=1S/C9H12BrN3.C5H10O2/c10-8-1-2-12-9(7-8)13-5-3-11-4-6-13;1-5(2,3)7-4-6/h1-2,7,11H,3-6H2;4H,1-3H3. The molecule has 1 fully saturated rings. The van der Waals surface area contributed by atoms with Crippen molar-refractivity contribution in [1.29, 1.82) is 0 Å². The highest BCUT2D eigenvalue weighted by Crippen LogP contribution is 2.16. The summed E-state index contributed by atoms with van der Waals surface area (Å²) in [6.07, 6.45) is 1.83. The molecular formula is C14H22BrN3O2. The summed E-state index contributed by atoms with van der Waals surface area (Å²) in [7, 11) is 0. The molecule has 0 saturated carbocycles. The number of ether oxygens (including phenoxy) is 1. The third-order valence-electron chi connectivity index (χ3n) is 2.55. The molecule has 2 rings (SSSR count). The van der Waals surface area contributed by atoms with Gasteiger partial charge in [-0.3, -0.25) is 4.79 Å². The SMILES string of the molecule is Brc1ccnc(N2CCNCC2)c1.CC(C)(C)OC=O. The van der Waals surface area contributed by atoms with Crippen LogP contribution in [0.25, 0.3) is 0 Å². The van der Waals surface area contributed by atoms with Crippen LogP contribution in [0.3, 0.4) is 0 Å². The van der Waals surface area contributed by atoms with Crippen molar-refractivity contribution in [1.82, 2.24) is 10.3 Å². The molecule has 0 amide bonds. The molecule has 0 unspecified atom stereocenters. The van der Waals surface area contributed by atoms with Gasteiger partial charge in [0.25, 0.3) is 6.47 Å². The van der Waals surface area contributed by atoms with Gasteiger partial charge in [-0.05, 0) is 32.9 Å². The van der Waals surface area contributed by atoms with Crippen LogP contribution >= 0.6 is 15.9 Å². The number of nitrogens with one attached hydrogen (secondary N) is 1. The first-order valence-electron chi connectivity index (χ1n) is 6.61. The first-order valence-corrected chi connectivity index (χ1v) is 7.40. The van der Waals surface area contributed by atoms with Gasteiger partial charge in [0, 0.05) is 36.8 Å². The molecule has 1 saturated heterocycles. The quantitative estimate of drug-likeness (QED) is 0.834. The number of carbonyl (C=O) groups excluding carboxylic acids is 1. The largest absolute Gasteiger partial charge is 0.462 e. The predicted molar refractivity (Wildman–Crippen MR) is 83.9 cm³/mol. The Morgan fingerprint density at radius 3 is 2.50 bits per heavy atom. The minimum Gasteiger partial charge on any atom is -0.462 e. The molecule has 6 heteroatoms. The Balaban J connectivity index is 0.000000246. The number of carbonyl (C=O) groups is 1. The average molecular weight is 344 g/mol. The van der Waals surface area contributed by atoms with Crippen LogP contribution in [0.1, 0.15) is 20.8 Å². The molecule has 1 aliphatic heterocycles. The lowest BCUT2D eigenvalue weighted by Gasteiger charge is -2.28. The van der Waals surface area contributed by atoms with Gasteiger partial charge in [-0.15, -0.1) is 0 Å². The van der Waals surface area contributed by atoms with Gasteiger partial charge in [0.1, 0.15) is 11.4 Å². The van der Waals surface area contributed by atoms with E-state index < -0.39 is 0 Å². The first-order chi connectivity index (χ1) is 9.42. The Morgan fingerprint density at radius 2 is 2.05 bits per heavy atom. The number of piperazine rings is 1. The molecule has 0 atom stereocenters. The molecule has 0 aromatic carbocycles. The van der Waals surface area contributed by atoms with E-state index in [0.29, 0.717) is 6.47 Å². The summed E-state index contributed by atoms with van der Waals surface area (Å²) in [6.45, 7) is 10.1. The van der Waals surface area contributed by atoms with Crippen LogP contribution in [0.15, 0.2) is 22.8 Å². The summed E-state index contributed by atoms with van der Waals surface area (Å²) in [5, 5.41) is 3.32. The second-order valence-electron chi connectivity index (χ2n) is 5.40. The Hall–Kier alpha value is -1.14. The van der Waals surface area contributed by atoms with E-state index >= 15 is 0 Å². The Kier molecular flexibility index (Phi) is 6.95. The van der Waals surface area contributed by atoms with Crippen molar-refractivity contribution in [2.75, 3.05) is 31.1 Å². The summed E-state index contributed by atoms with van der Waals surface area (Å²) >= 11 is 3.45. The number of nitrogens with zero attached hydrogens (tertiary/aromatic N) is 2. The van der Waals surface area contributed by atoms with Crippen LogP contribution in [0.5, 0.6) is 0 Å². The normalized spacial score (nSPS) is 15.1. The van der Waals surface area contributed by atoms with Gasteiger partial charge < -0.3 is 15.0 Å². The second kappa shape index (κ2) is 8.21. The van der Waals surface area contributed by atoms with E-state index in [1.165, 1.54) is 0 Å². The zero-order valence-corrected chi connectivity index (χ0v) is 13.8. The first kappa shape index (κ1) is 16.9. The lowest BCUT2D eigenvalue weighted by Crippen LogP contribution is -2.43. The molecule has 2 heterocycles. The van der Waals surface area contributed by atoms with E-state index in [1.54, 1.807) is 0 Å². The van der Waals surface area contributed by atoms with Crippen molar-refractivity contribution in [3.63, 3.8) is 0 Å². The predicted octanol–water partition coefficient (Wildman–Crippen LogP) is 2.21. The maximum atomic E-state index is 9.60. The van der Waals surface area contributed by atoms with Crippen LogP contribution < -0.4 is 10.2 Å². The van der Waals surface area contributed by atoms with Crippen molar-refractivity contribution in [2.24, 2.45) is 0 Å². The number of anilines is 1. The van der Waals surface area contributed by atoms with E-state index in [9.17, 15) is 4.79 Å². The second-order valence-corrected chi connectivity index (χ2v) is 6.31. The van der Waals surface area contributed by atoms with Crippen molar-refractivity contribution in [3.8, 4) is 0 Å². The number of aromatic nitrogens is 1.